The van der Waals surface area contributed by atoms with Gasteiger partial charge in [0.2, 0.25) is 0 Å². The van der Waals surface area contributed by atoms with Gasteiger partial charge in [0.1, 0.15) is 5.75 Å². The predicted octanol–water partition coefficient (Wildman–Crippen LogP) is 2.97. The maximum absolute atomic E-state index is 12.2. The summed E-state index contributed by atoms with van der Waals surface area (Å²) in [5.74, 6) is -0.0428. The molecule has 0 saturated carbocycles. The molecule has 4 nitrogen and oxygen atoms in total. The van der Waals surface area contributed by atoms with E-state index in [1.807, 2.05) is 31.2 Å². The number of aryl methyl sites for hydroxylation is 1. The summed E-state index contributed by atoms with van der Waals surface area (Å²) in [6.07, 6.45) is 0. The zero-order chi connectivity index (χ0) is 14.7. The number of benzene rings is 2. The van der Waals surface area contributed by atoms with Crippen LogP contribution in [-0.2, 0) is 0 Å². The molecule has 4 heteroatoms. The summed E-state index contributed by atoms with van der Waals surface area (Å²) in [5, 5.41) is 12.3. The molecule has 0 aromatic heterocycles. The van der Waals surface area contributed by atoms with Crippen molar-refractivity contribution >= 4 is 11.6 Å². The lowest BCUT2D eigenvalue weighted by Gasteiger charge is -2.14. The summed E-state index contributed by atoms with van der Waals surface area (Å²) in [6, 6.07) is 12.1. The van der Waals surface area contributed by atoms with Gasteiger partial charge in [-0.3, -0.25) is 4.79 Å². The van der Waals surface area contributed by atoms with Crippen LogP contribution < -0.4 is 11.1 Å². The van der Waals surface area contributed by atoms with Crippen molar-refractivity contribution in [3.8, 4) is 5.75 Å². The molecule has 1 atom stereocenters. The highest BCUT2D eigenvalue weighted by Crippen LogP contribution is 2.22. The summed E-state index contributed by atoms with van der Waals surface area (Å²) in [4.78, 5) is 12.2. The molecule has 0 aliphatic heterocycles. The van der Waals surface area contributed by atoms with E-state index < -0.39 is 0 Å². The lowest BCUT2D eigenvalue weighted by atomic mass is 10.1. The van der Waals surface area contributed by atoms with Gasteiger partial charge in [0.25, 0.3) is 5.91 Å². The third-order valence-corrected chi connectivity index (χ3v) is 3.16. The third-order valence-electron chi connectivity index (χ3n) is 3.16. The lowest BCUT2D eigenvalue weighted by Crippen LogP contribution is -2.16. The van der Waals surface area contributed by atoms with Crippen LogP contribution in [0.1, 0.15) is 34.5 Å². The Labute approximate surface area is 118 Å². The number of phenolic OH excluding ortho intramolecular Hbond substituents is 1. The number of anilines is 1. The largest absolute Gasteiger partial charge is 0.508 e. The fraction of sp³-hybridized carbons (Fsp3) is 0.188. The molecule has 0 heterocycles. The number of carbonyl (C=O) groups is 1. The molecule has 0 aliphatic rings. The van der Waals surface area contributed by atoms with Gasteiger partial charge in [-0.2, -0.15) is 0 Å². The molecule has 1 amide bonds. The van der Waals surface area contributed by atoms with Crippen molar-refractivity contribution in [2.45, 2.75) is 19.9 Å². The molecule has 0 saturated heterocycles. The topological polar surface area (TPSA) is 75.4 Å². The van der Waals surface area contributed by atoms with E-state index in [0.29, 0.717) is 16.8 Å². The minimum Gasteiger partial charge on any atom is -0.508 e. The molecular weight excluding hydrogens is 252 g/mol. The average Bonchev–Trinajstić information content (AvgIpc) is 2.42. The van der Waals surface area contributed by atoms with Crippen molar-refractivity contribution in [1.82, 2.24) is 0 Å². The smallest absolute Gasteiger partial charge is 0.255 e. The first-order valence-electron chi connectivity index (χ1n) is 6.44. The Morgan fingerprint density at radius 1 is 1.25 bits per heavy atom. The van der Waals surface area contributed by atoms with Crippen LogP contribution in [0.15, 0.2) is 42.5 Å². The Hall–Kier alpha value is -2.33. The normalized spacial score (nSPS) is 11.9. The molecule has 2 aromatic rings. The van der Waals surface area contributed by atoms with Crippen LogP contribution in [-0.4, -0.2) is 11.0 Å². The fourth-order valence-electron chi connectivity index (χ4n) is 2.00. The number of hydrogen-bond acceptors (Lipinski definition) is 3. The number of hydrogen-bond donors (Lipinski definition) is 3. The second kappa shape index (κ2) is 5.75. The Bertz CT molecular complexity index is 636. The van der Waals surface area contributed by atoms with Crippen LogP contribution in [0.3, 0.4) is 0 Å². The number of nitrogens with two attached hydrogens (primary N) is 1. The second-order valence-corrected chi connectivity index (χ2v) is 4.83. The van der Waals surface area contributed by atoms with Gasteiger partial charge in [-0.05, 0) is 49.2 Å². The minimum absolute atomic E-state index is 0.159. The van der Waals surface area contributed by atoms with Gasteiger partial charge < -0.3 is 16.2 Å². The Morgan fingerprint density at radius 2 is 1.95 bits per heavy atom. The zero-order valence-corrected chi connectivity index (χ0v) is 11.6. The summed E-state index contributed by atoms with van der Waals surface area (Å²) in [6.45, 7) is 3.62. The predicted molar refractivity (Wildman–Crippen MR) is 79.8 cm³/mol. The van der Waals surface area contributed by atoms with Gasteiger partial charge in [-0.25, -0.2) is 0 Å². The minimum atomic E-state index is -0.221. The quantitative estimate of drug-likeness (QED) is 0.802. The van der Waals surface area contributed by atoms with Crippen molar-refractivity contribution in [2.75, 3.05) is 5.32 Å². The molecule has 104 valence electrons. The van der Waals surface area contributed by atoms with Crippen LogP contribution in [0, 0.1) is 6.92 Å². The van der Waals surface area contributed by atoms with Crippen LogP contribution in [0.4, 0.5) is 5.69 Å². The molecule has 0 radical (unpaired) electrons. The fourth-order valence-corrected chi connectivity index (χ4v) is 2.00. The molecule has 0 bridgehead atoms. The Morgan fingerprint density at radius 3 is 2.60 bits per heavy atom. The summed E-state index contributed by atoms with van der Waals surface area (Å²) in [7, 11) is 0. The van der Waals surface area contributed by atoms with Crippen molar-refractivity contribution in [3.05, 3.63) is 59.2 Å². The third kappa shape index (κ3) is 2.97. The van der Waals surface area contributed by atoms with Crippen molar-refractivity contribution < 1.29 is 9.90 Å². The first-order chi connectivity index (χ1) is 9.49. The first-order valence-corrected chi connectivity index (χ1v) is 6.44. The van der Waals surface area contributed by atoms with Gasteiger partial charge in [-0.15, -0.1) is 0 Å². The number of rotatable bonds is 3. The summed E-state index contributed by atoms with van der Waals surface area (Å²) in [5.41, 5.74) is 8.65. The number of phenols is 1. The van der Waals surface area contributed by atoms with Gasteiger partial charge in [-0.1, -0.05) is 18.2 Å². The number of aromatic hydroxyl groups is 1. The number of nitrogens with one attached hydrogen (secondary N) is 1. The van der Waals surface area contributed by atoms with E-state index >= 15 is 0 Å². The van der Waals surface area contributed by atoms with E-state index in [4.69, 9.17) is 5.73 Å². The van der Waals surface area contributed by atoms with Crippen LogP contribution >= 0.6 is 0 Å². The molecule has 0 spiro atoms. The van der Waals surface area contributed by atoms with E-state index in [1.54, 1.807) is 19.1 Å². The van der Waals surface area contributed by atoms with Crippen LogP contribution in [0.25, 0.3) is 0 Å². The van der Waals surface area contributed by atoms with Crippen molar-refractivity contribution in [2.24, 2.45) is 5.73 Å². The standard InChI is InChI=1S/C16H18N2O2/c1-10-9-12(7-8-15(10)19)16(20)18-14-6-4-3-5-13(14)11(2)17/h3-9,11,19H,17H2,1-2H3,(H,18,20). The van der Waals surface area contributed by atoms with Crippen LogP contribution in [0.2, 0.25) is 0 Å². The Balaban J connectivity index is 2.26. The highest BCUT2D eigenvalue weighted by molar-refractivity contribution is 6.04. The van der Waals surface area contributed by atoms with Crippen LogP contribution in [0.5, 0.6) is 5.75 Å². The molecule has 20 heavy (non-hydrogen) atoms. The Kier molecular flexibility index (Phi) is 4.05. The molecule has 0 fully saturated rings. The molecule has 4 N–H and O–H groups in total. The molecule has 1 unspecified atom stereocenters. The maximum Gasteiger partial charge on any atom is 0.255 e. The molecule has 2 rings (SSSR count). The maximum atomic E-state index is 12.2. The molecular formula is C16H18N2O2. The van der Waals surface area contributed by atoms with Gasteiger partial charge >= 0.3 is 0 Å². The van der Waals surface area contributed by atoms with E-state index in [2.05, 4.69) is 5.32 Å². The molecule has 0 aliphatic carbocycles. The monoisotopic (exact) mass is 270 g/mol. The summed E-state index contributed by atoms with van der Waals surface area (Å²) < 4.78 is 0. The molecule has 2 aromatic carbocycles. The van der Waals surface area contributed by atoms with Gasteiger partial charge in [0.05, 0.1) is 0 Å². The van der Waals surface area contributed by atoms with Crippen molar-refractivity contribution in [3.63, 3.8) is 0 Å². The number of amides is 1. The van der Waals surface area contributed by atoms with E-state index in [9.17, 15) is 9.90 Å². The highest BCUT2D eigenvalue weighted by atomic mass is 16.3. The average molecular weight is 270 g/mol. The summed E-state index contributed by atoms with van der Waals surface area (Å²) >= 11 is 0. The van der Waals surface area contributed by atoms with Gasteiger partial charge in [0, 0.05) is 17.3 Å². The lowest BCUT2D eigenvalue weighted by molar-refractivity contribution is 0.102. The number of carbonyl (C=O) groups excluding carboxylic acids is 1. The van der Waals surface area contributed by atoms with E-state index in [-0.39, 0.29) is 17.7 Å². The van der Waals surface area contributed by atoms with Gasteiger partial charge in [0.15, 0.2) is 0 Å². The van der Waals surface area contributed by atoms with E-state index in [0.717, 1.165) is 5.56 Å². The highest BCUT2D eigenvalue weighted by Gasteiger charge is 2.11. The van der Waals surface area contributed by atoms with Crippen molar-refractivity contribution in [1.29, 1.82) is 0 Å². The van der Waals surface area contributed by atoms with E-state index in [1.165, 1.54) is 6.07 Å². The zero-order valence-electron chi connectivity index (χ0n) is 11.6. The first kappa shape index (κ1) is 14.1. The number of para-hydroxylation sites is 1. The second-order valence-electron chi connectivity index (χ2n) is 4.83. The SMILES string of the molecule is Cc1cc(C(=O)Nc2ccccc2C(C)N)ccc1O.